The zero-order valence-corrected chi connectivity index (χ0v) is 21.7. The van der Waals surface area contributed by atoms with Crippen LogP contribution >= 0.6 is 0 Å². The highest BCUT2D eigenvalue weighted by Crippen LogP contribution is 2.32. The highest BCUT2D eigenvalue weighted by molar-refractivity contribution is 5.83. The lowest BCUT2D eigenvalue weighted by Gasteiger charge is -2.33. The van der Waals surface area contributed by atoms with Crippen LogP contribution in [0.4, 0.5) is 11.5 Å². The first-order chi connectivity index (χ1) is 17.1. The lowest BCUT2D eigenvalue weighted by atomic mass is 9.79. The summed E-state index contributed by atoms with van der Waals surface area (Å²) in [6, 6.07) is 12.4. The molecule has 0 saturated heterocycles. The predicted molar refractivity (Wildman–Crippen MR) is 146 cm³/mol. The summed E-state index contributed by atoms with van der Waals surface area (Å²) in [7, 11) is 0. The van der Waals surface area contributed by atoms with Gasteiger partial charge in [0.05, 0.1) is 23.1 Å². The minimum absolute atomic E-state index is 0.0971. The number of fused-ring (bicyclic) bond motifs is 2. The Morgan fingerprint density at radius 3 is 2.72 bits per heavy atom. The first-order valence-corrected chi connectivity index (χ1v) is 12.4. The molecule has 0 spiro atoms. The van der Waals surface area contributed by atoms with Gasteiger partial charge >= 0.3 is 0 Å². The monoisotopic (exact) mass is 482 g/mol. The van der Waals surface area contributed by atoms with Crippen LogP contribution in [0.2, 0.25) is 0 Å². The number of rotatable bonds is 5. The third-order valence-corrected chi connectivity index (χ3v) is 6.86. The molecule has 0 unspecified atom stereocenters. The Bertz CT molecular complexity index is 1520. The smallest absolute Gasteiger partial charge is 0.276 e. The molecule has 0 atom stereocenters. The van der Waals surface area contributed by atoms with Crippen molar-refractivity contribution in [1.29, 1.82) is 0 Å². The van der Waals surface area contributed by atoms with Crippen molar-refractivity contribution in [2.24, 2.45) is 0 Å². The molecule has 3 aromatic heterocycles. The quantitative estimate of drug-likeness (QED) is 0.383. The van der Waals surface area contributed by atoms with E-state index in [4.69, 9.17) is 0 Å². The molecule has 36 heavy (non-hydrogen) atoms. The van der Waals surface area contributed by atoms with Crippen LogP contribution in [0.3, 0.4) is 0 Å². The average Bonchev–Trinajstić information content (AvgIpc) is 3.09. The minimum atomic E-state index is -0.118. The second-order valence-corrected chi connectivity index (χ2v) is 11.2. The highest BCUT2D eigenvalue weighted by atomic mass is 16.1. The number of pyridine rings is 2. The molecule has 0 saturated carbocycles. The number of aromatic nitrogens is 4. The molecule has 2 N–H and O–H groups in total. The molecular weight excluding hydrogens is 448 g/mol. The van der Waals surface area contributed by atoms with Gasteiger partial charge < -0.3 is 10.6 Å². The van der Waals surface area contributed by atoms with E-state index < -0.39 is 0 Å². The third-order valence-electron chi connectivity index (χ3n) is 6.86. The molecule has 1 aliphatic heterocycles. The first-order valence-electron chi connectivity index (χ1n) is 12.4. The van der Waals surface area contributed by atoms with Gasteiger partial charge in [0, 0.05) is 53.8 Å². The second kappa shape index (κ2) is 8.75. The van der Waals surface area contributed by atoms with Crippen LogP contribution in [0.1, 0.15) is 51.4 Å². The van der Waals surface area contributed by atoms with Crippen molar-refractivity contribution in [3.05, 3.63) is 88.6 Å². The summed E-state index contributed by atoms with van der Waals surface area (Å²) in [6.45, 7) is 17.0. The molecule has 7 heteroatoms. The Balaban J connectivity index is 1.60. The number of hydrogen-bond acceptors (Lipinski definition) is 5. The average molecular weight is 483 g/mol. The molecule has 4 heterocycles. The summed E-state index contributed by atoms with van der Waals surface area (Å²) in [5, 5.41) is 7.53. The number of hydrogen-bond donors (Lipinski definition) is 2. The number of allylic oxidation sites excluding steroid dienone is 1. The van der Waals surface area contributed by atoms with E-state index in [1.54, 1.807) is 23.2 Å². The summed E-state index contributed by atoms with van der Waals surface area (Å²) in [6.07, 6.45) is 5.19. The van der Waals surface area contributed by atoms with Crippen LogP contribution in [0.25, 0.3) is 16.6 Å². The summed E-state index contributed by atoms with van der Waals surface area (Å²) < 4.78 is 3.64. The molecule has 0 radical (unpaired) electrons. The number of nitrogens with zero attached hydrogens (tertiary/aromatic N) is 4. The maximum atomic E-state index is 13.3. The van der Waals surface area contributed by atoms with E-state index in [0.29, 0.717) is 17.7 Å². The fraction of sp³-hybridized carbons (Fsp3) is 0.345. The van der Waals surface area contributed by atoms with E-state index >= 15 is 0 Å². The number of anilines is 2. The standard InChI is InChI=1S/C29H34N6O/c1-7-12-34-27(36)22-17-32-26(33-20-8-9-23-19(13-20)16-30-18-29(23,5)6)15-24(22)35(34)21-10-11-31-25(14-21)28(2,3)4/h7-11,13-15,17,30H,1,12,16,18H2,2-6H3,(H,32,33). The minimum Gasteiger partial charge on any atom is -0.340 e. The van der Waals surface area contributed by atoms with Gasteiger partial charge in [0.15, 0.2) is 0 Å². The maximum absolute atomic E-state index is 13.3. The SMILES string of the molecule is C=CCn1c(=O)c2cnc(Nc3ccc4c(c3)CNCC4(C)C)cc2n1-c1ccnc(C(C)(C)C)c1. The topological polar surface area (TPSA) is 76.8 Å². The van der Waals surface area contributed by atoms with Crippen LogP contribution in [-0.2, 0) is 23.9 Å². The van der Waals surface area contributed by atoms with Crippen molar-refractivity contribution >= 4 is 22.4 Å². The Kier molecular flexibility index (Phi) is 5.83. The largest absolute Gasteiger partial charge is 0.340 e. The molecule has 0 bridgehead atoms. The molecule has 186 valence electrons. The van der Waals surface area contributed by atoms with Crippen molar-refractivity contribution in [3.8, 4) is 5.69 Å². The molecule has 7 nitrogen and oxygen atoms in total. The maximum Gasteiger partial charge on any atom is 0.276 e. The Morgan fingerprint density at radius 1 is 1.17 bits per heavy atom. The van der Waals surface area contributed by atoms with E-state index in [-0.39, 0.29) is 16.4 Å². The van der Waals surface area contributed by atoms with Crippen molar-refractivity contribution in [1.82, 2.24) is 24.6 Å². The highest BCUT2D eigenvalue weighted by Gasteiger charge is 2.27. The summed E-state index contributed by atoms with van der Waals surface area (Å²) in [4.78, 5) is 22.4. The van der Waals surface area contributed by atoms with Crippen molar-refractivity contribution in [3.63, 3.8) is 0 Å². The van der Waals surface area contributed by atoms with Crippen LogP contribution in [0, 0.1) is 0 Å². The van der Waals surface area contributed by atoms with E-state index in [1.165, 1.54) is 11.1 Å². The normalized spacial score (nSPS) is 15.0. The lowest BCUT2D eigenvalue weighted by molar-refractivity contribution is 0.435. The zero-order chi connectivity index (χ0) is 25.7. The fourth-order valence-electron chi connectivity index (χ4n) is 4.97. The van der Waals surface area contributed by atoms with Crippen molar-refractivity contribution < 1.29 is 0 Å². The molecule has 4 aromatic rings. The van der Waals surface area contributed by atoms with Crippen molar-refractivity contribution in [2.75, 3.05) is 11.9 Å². The Labute approximate surface area is 211 Å². The molecule has 5 rings (SSSR count). The first kappa shape index (κ1) is 24.0. The molecule has 1 aromatic carbocycles. The number of nitrogens with one attached hydrogen (secondary N) is 2. The predicted octanol–water partition coefficient (Wildman–Crippen LogP) is 5.19. The molecule has 1 aliphatic rings. The zero-order valence-electron chi connectivity index (χ0n) is 21.7. The van der Waals surface area contributed by atoms with E-state index in [0.717, 1.165) is 35.7 Å². The van der Waals surface area contributed by atoms with Gasteiger partial charge in [-0.3, -0.25) is 9.78 Å². The van der Waals surface area contributed by atoms with E-state index in [9.17, 15) is 4.79 Å². The van der Waals surface area contributed by atoms with Gasteiger partial charge in [0.2, 0.25) is 0 Å². The van der Waals surface area contributed by atoms with Crippen LogP contribution in [0.5, 0.6) is 0 Å². The van der Waals surface area contributed by atoms with Gasteiger partial charge in [-0.15, -0.1) is 6.58 Å². The van der Waals surface area contributed by atoms with E-state index in [2.05, 4.69) is 80.0 Å². The fourth-order valence-corrected chi connectivity index (χ4v) is 4.97. The Hall–Kier alpha value is -3.71. The molecule has 0 aliphatic carbocycles. The lowest BCUT2D eigenvalue weighted by Crippen LogP contribution is -2.38. The van der Waals surface area contributed by atoms with Gasteiger partial charge in [0.1, 0.15) is 5.82 Å². The van der Waals surface area contributed by atoms with Crippen LogP contribution < -0.4 is 16.2 Å². The molecule has 0 fully saturated rings. The van der Waals surface area contributed by atoms with E-state index in [1.807, 2.05) is 22.9 Å². The van der Waals surface area contributed by atoms with Crippen molar-refractivity contribution in [2.45, 2.75) is 58.5 Å². The van der Waals surface area contributed by atoms with Gasteiger partial charge in [-0.2, -0.15) is 0 Å². The summed E-state index contributed by atoms with van der Waals surface area (Å²) in [5.74, 6) is 0.681. The second-order valence-electron chi connectivity index (χ2n) is 11.2. The Morgan fingerprint density at radius 2 is 1.97 bits per heavy atom. The molecular formula is C29H34N6O. The van der Waals surface area contributed by atoms with Gasteiger partial charge in [-0.25, -0.2) is 14.3 Å². The summed E-state index contributed by atoms with van der Waals surface area (Å²) >= 11 is 0. The van der Waals surface area contributed by atoms with Crippen LogP contribution in [-0.4, -0.2) is 25.9 Å². The van der Waals surface area contributed by atoms with Gasteiger partial charge in [-0.05, 0) is 35.4 Å². The van der Waals surface area contributed by atoms with Gasteiger partial charge in [-0.1, -0.05) is 46.8 Å². The van der Waals surface area contributed by atoms with Gasteiger partial charge in [0.25, 0.3) is 5.56 Å². The third kappa shape index (κ3) is 4.24. The van der Waals surface area contributed by atoms with Crippen LogP contribution in [0.15, 0.2) is 66.2 Å². The molecule has 0 amide bonds. The summed E-state index contributed by atoms with van der Waals surface area (Å²) in [5.41, 5.74) is 6.14. The number of benzene rings is 1.